The van der Waals surface area contributed by atoms with Gasteiger partial charge >= 0.3 is 12.1 Å². The number of carbonyl (C=O) groups is 3. The van der Waals surface area contributed by atoms with Gasteiger partial charge in [0.05, 0.1) is 12.5 Å². The summed E-state index contributed by atoms with van der Waals surface area (Å²) in [5.41, 5.74) is 1.94. The Morgan fingerprint density at radius 1 is 1.00 bits per heavy atom. The average Bonchev–Trinajstić information content (AvgIpc) is 3.03. The number of hydrogen-bond acceptors (Lipinski definition) is 9. The highest BCUT2D eigenvalue weighted by molar-refractivity contribution is 5.80. The maximum absolute atomic E-state index is 14.9. The summed E-state index contributed by atoms with van der Waals surface area (Å²) in [7, 11) is 2.02. The topological polar surface area (TPSA) is 123 Å². The van der Waals surface area contributed by atoms with Crippen molar-refractivity contribution >= 4 is 29.7 Å². The second kappa shape index (κ2) is 16.6. The molecule has 4 rings (SSSR count). The van der Waals surface area contributed by atoms with Crippen molar-refractivity contribution in [1.29, 1.82) is 0 Å². The largest absolute Gasteiger partial charge is 0.457 e. The van der Waals surface area contributed by atoms with Crippen LogP contribution in [0.1, 0.15) is 52.5 Å². The molecule has 11 nitrogen and oxygen atoms in total. The molecule has 2 fully saturated rings. The minimum Gasteiger partial charge on any atom is -0.457 e. The van der Waals surface area contributed by atoms with Gasteiger partial charge in [-0.05, 0) is 75.1 Å². The van der Waals surface area contributed by atoms with Gasteiger partial charge in [0.15, 0.2) is 0 Å². The molecule has 3 aliphatic heterocycles. The molecule has 0 aromatic heterocycles. The van der Waals surface area contributed by atoms with Crippen LogP contribution in [0.2, 0.25) is 0 Å². The van der Waals surface area contributed by atoms with E-state index in [0.29, 0.717) is 68.9 Å². The first-order valence-corrected chi connectivity index (χ1v) is 16.7. The lowest BCUT2D eigenvalue weighted by atomic mass is 9.91. The molecule has 0 spiro atoms. The maximum Gasteiger partial charge on any atom is 0.410 e. The first-order valence-electron chi connectivity index (χ1n) is 16.7. The molecule has 12 heteroatoms. The number of aliphatic hydroxyl groups excluding tert-OH is 2. The number of esters is 1. The highest BCUT2D eigenvalue weighted by atomic mass is 19.1. The number of aliphatic hydroxyl groups is 2. The number of anilines is 1. The van der Waals surface area contributed by atoms with Gasteiger partial charge in [0.1, 0.15) is 24.1 Å². The third-order valence-corrected chi connectivity index (χ3v) is 9.32. The SMILES string of the molecule is C/C(=C\c1cc(F)cc(N2CCN(C(=O)[C@@H](C)O)CC2)c1)[C@H]1OC(=O)C[C@@H](O)CC[C@@H](C)C(OC(=O)N2CCN(C)CC2)/C=C/[C@@H]1C. The molecule has 6 atom stereocenters. The van der Waals surface area contributed by atoms with Crippen LogP contribution in [-0.4, -0.2) is 127 Å². The number of amides is 2. The number of hydrogen-bond donors (Lipinski definition) is 2. The maximum atomic E-state index is 14.9. The van der Waals surface area contributed by atoms with Gasteiger partial charge in [0.2, 0.25) is 0 Å². The summed E-state index contributed by atoms with van der Waals surface area (Å²) in [5.74, 6) is -1.68. The van der Waals surface area contributed by atoms with Crippen LogP contribution < -0.4 is 4.90 Å². The number of piperazine rings is 2. The van der Waals surface area contributed by atoms with E-state index in [1.807, 2.05) is 50.9 Å². The van der Waals surface area contributed by atoms with Crippen LogP contribution in [0.3, 0.4) is 0 Å². The molecule has 260 valence electrons. The quantitative estimate of drug-likeness (QED) is 0.363. The number of halogens is 1. The van der Waals surface area contributed by atoms with E-state index in [2.05, 4.69) is 4.90 Å². The lowest BCUT2D eigenvalue weighted by Gasteiger charge is -2.36. The second-order valence-corrected chi connectivity index (χ2v) is 13.3. The zero-order valence-electron chi connectivity index (χ0n) is 28.3. The number of rotatable bonds is 5. The van der Waals surface area contributed by atoms with Crippen LogP contribution in [0.4, 0.5) is 14.9 Å². The van der Waals surface area contributed by atoms with Crippen LogP contribution in [0, 0.1) is 17.7 Å². The number of carbonyl (C=O) groups excluding carboxylic acids is 3. The zero-order chi connectivity index (χ0) is 34.2. The predicted molar refractivity (Wildman–Crippen MR) is 177 cm³/mol. The van der Waals surface area contributed by atoms with Crippen molar-refractivity contribution in [2.45, 2.75) is 71.4 Å². The Labute approximate surface area is 277 Å². The zero-order valence-corrected chi connectivity index (χ0v) is 28.3. The third-order valence-electron chi connectivity index (χ3n) is 9.32. The lowest BCUT2D eigenvalue weighted by Crippen LogP contribution is -2.51. The molecule has 47 heavy (non-hydrogen) atoms. The summed E-state index contributed by atoms with van der Waals surface area (Å²) >= 11 is 0. The smallest absolute Gasteiger partial charge is 0.410 e. The molecular formula is C35H51FN4O7. The van der Waals surface area contributed by atoms with Gasteiger partial charge in [0, 0.05) is 64.0 Å². The molecule has 2 N–H and O–H groups in total. The van der Waals surface area contributed by atoms with Crippen molar-refractivity contribution in [3.05, 3.63) is 47.3 Å². The van der Waals surface area contributed by atoms with Gasteiger partial charge in [-0.2, -0.15) is 0 Å². The van der Waals surface area contributed by atoms with E-state index in [0.717, 1.165) is 13.1 Å². The van der Waals surface area contributed by atoms with Crippen LogP contribution >= 0.6 is 0 Å². The molecule has 1 aromatic rings. The fourth-order valence-corrected chi connectivity index (χ4v) is 6.29. The molecular weight excluding hydrogens is 607 g/mol. The molecule has 2 saturated heterocycles. The fraction of sp³-hybridized carbons (Fsp3) is 0.629. The predicted octanol–water partition coefficient (Wildman–Crippen LogP) is 3.30. The summed E-state index contributed by atoms with van der Waals surface area (Å²) < 4.78 is 26.8. The minimum absolute atomic E-state index is 0.0900. The number of likely N-dealkylation sites (N-methyl/N-ethyl adjacent to an activating group) is 1. The Bertz CT molecular complexity index is 1300. The van der Waals surface area contributed by atoms with E-state index in [9.17, 15) is 29.0 Å². The van der Waals surface area contributed by atoms with Crippen molar-refractivity contribution in [2.24, 2.45) is 11.8 Å². The van der Waals surface area contributed by atoms with E-state index in [4.69, 9.17) is 9.47 Å². The van der Waals surface area contributed by atoms with Gasteiger partial charge in [-0.1, -0.05) is 26.0 Å². The Balaban J connectivity index is 1.53. The second-order valence-electron chi connectivity index (χ2n) is 13.3. The van der Waals surface area contributed by atoms with Gasteiger partial charge < -0.3 is 39.3 Å². The van der Waals surface area contributed by atoms with Crippen molar-refractivity contribution < 1.29 is 38.5 Å². The molecule has 3 heterocycles. The highest BCUT2D eigenvalue weighted by Crippen LogP contribution is 2.28. The van der Waals surface area contributed by atoms with Crippen molar-refractivity contribution in [1.82, 2.24) is 14.7 Å². The Hall–Kier alpha value is -3.48. The molecule has 0 saturated carbocycles. The fourth-order valence-electron chi connectivity index (χ4n) is 6.29. The van der Waals surface area contributed by atoms with E-state index in [1.54, 1.807) is 15.9 Å². The number of nitrogens with zero attached hydrogens (tertiary/aromatic N) is 4. The lowest BCUT2D eigenvalue weighted by molar-refractivity contribution is -0.151. The molecule has 2 amide bonds. The Morgan fingerprint density at radius 2 is 1.66 bits per heavy atom. The third kappa shape index (κ3) is 10.3. The van der Waals surface area contributed by atoms with Crippen LogP contribution in [0.15, 0.2) is 35.9 Å². The number of ether oxygens (including phenoxy) is 2. The van der Waals surface area contributed by atoms with Crippen molar-refractivity contribution in [3.8, 4) is 0 Å². The highest BCUT2D eigenvalue weighted by Gasteiger charge is 2.29. The molecule has 1 unspecified atom stereocenters. The van der Waals surface area contributed by atoms with Crippen molar-refractivity contribution in [2.75, 3.05) is 64.3 Å². The van der Waals surface area contributed by atoms with E-state index >= 15 is 0 Å². The molecule has 0 aliphatic carbocycles. The van der Waals surface area contributed by atoms with Crippen LogP contribution in [-0.2, 0) is 19.1 Å². The summed E-state index contributed by atoms with van der Waals surface area (Å²) in [6.07, 6.45) is 2.73. The number of cyclic esters (lactones) is 1. The minimum atomic E-state index is -1.06. The number of benzene rings is 1. The Morgan fingerprint density at radius 3 is 2.32 bits per heavy atom. The summed E-state index contributed by atoms with van der Waals surface area (Å²) in [6, 6.07) is 4.72. The van der Waals surface area contributed by atoms with Gasteiger partial charge in [-0.15, -0.1) is 0 Å². The van der Waals surface area contributed by atoms with Crippen LogP contribution in [0.5, 0.6) is 0 Å². The molecule has 0 bridgehead atoms. The van der Waals surface area contributed by atoms with Gasteiger partial charge in [-0.3, -0.25) is 9.59 Å². The van der Waals surface area contributed by atoms with E-state index < -0.39 is 36.2 Å². The first kappa shape index (κ1) is 36.4. The van der Waals surface area contributed by atoms with Gasteiger partial charge in [-0.25, -0.2) is 9.18 Å². The monoisotopic (exact) mass is 658 g/mol. The first-order chi connectivity index (χ1) is 22.3. The Kier molecular flexibility index (Phi) is 12.8. The van der Waals surface area contributed by atoms with Crippen LogP contribution in [0.25, 0.3) is 6.08 Å². The standard InChI is InChI=1S/C35H51FN4O7/c1-23-6-8-30(42)22-32(43)47-33(24(2)7-9-31(23)46-35(45)40-12-10-37(5)11-13-40)25(3)18-27-19-28(36)21-29(20-27)38-14-16-39(17-15-38)34(44)26(4)41/h7,9,18-21,23-24,26,30-31,33,41-42H,6,8,10-17,22H2,1-5H3/b9-7+,25-18+/t23-,24+,26-,30+,31?,33+/m1/s1. The summed E-state index contributed by atoms with van der Waals surface area (Å²) in [5, 5.41) is 20.3. The average molecular weight is 659 g/mol. The molecule has 1 aromatic carbocycles. The van der Waals surface area contributed by atoms with E-state index in [1.165, 1.54) is 19.1 Å². The summed E-state index contributed by atoms with van der Waals surface area (Å²) in [6.45, 7) is 11.7. The summed E-state index contributed by atoms with van der Waals surface area (Å²) in [4.78, 5) is 45.6. The van der Waals surface area contributed by atoms with E-state index in [-0.39, 0.29) is 30.3 Å². The van der Waals surface area contributed by atoms with Crippen molar-refractivity contribution in [3.63, 3.8) is 0 Å². The molecule has 0 radical (unpaired) electrons. The van der Waals surface area contributed by atoms with Gasteiger partial charge in [0.25, 0.3) is 5.91 Å². The molecule has 3 aliphatic rings. The normalized spacial score (nSPS) is 28.5.